The molecule has 3 N–H and O–H groups in total. The minimum absolute atomic E-state index is 0.0279. The van der Waals surface area contributed by atoms with Gasteiger partial charge in [-0.1, -0.05) is 22.0 Å². The number of nitrogens with one attached hydrogen (secondary N) is 1. The maximum atomic E-state index is 11.7. The third kappa shape index (κ3) is 2.61. The van der Waals surface area contributed by atoms with Gasteiger partial charge in [0.15, 0.2) is 0 Å². The molecule has 0 saturated carbocycles. The van der Waals surface area contributed by atoms with Crippen LogP contribution in [0.3, 0.4) is 0 Å². The van der Waals surface area contributed by atoms with Crippen LogP contribution < -0.4 is 11.1 Å². The van der Waals surface area contributed by atoms with Gasteiger partial charge in [-0.25, -0.2) is 4.79 Å². The van der Waals surface area contributed by atoms with E-state index in [-0.39, 0.29) is 12.1 Å². The summed E-state index contributed by atoms with van der Waals surface area (Å²) in [6.07, 6.45) is 0. The second-order valence-electron chi connectivity index (χ2n) is 4.24. The number of nitrogens with two attached hydrogens (primary N) is 1. The quantitative estimate of drug-likeness (QED) is 0.893. The van der Waals surface area contributed by atoms with Crippen molar-refractivity contribution in [3.05, 3.63) is 33.8 Å². The fourth-order valence-corrected chi connectivity index (χ4v) is 2.48. The first-order chi connectivity index (χ1) is 8.11. The number of benzene rings is 1. The van der Waals surface area contributed by atoms with Crippen LogP contribution in [0.4, 0.5) is 4.79 Å². The van der Waals surface area contributed by atoms with Crippen LogP contribution in [0.25, 0.3) is 0 Å². The summed E-state index contributed by atoms with van der Waals surface area (Å²) in [6.45, 7) is 3.85. The van der Waals surface area contributed by atoms with Gasteiger partial charge in [0.2, 0.25) is 0 Å². The van der Waals surface area contributed by atoms with E-state index in [4.69, 9.17) is 5.73 Å². The maximum Gasteiger partial charge on any atom is 0.318 e. The molecule has 1 aromatic carbocycles. The Labute approximate surface area is 109 Å². The van der Waals surface area contributed by atoms with Crippen molar-refractivity contribution in [3.8, 4) is 0 Å². The molecule has 1 fully saturated rings. The molecule has 1 saturated heterocycles. The third-order valence-corrected chi connectivity index (χ3v) is 3.50. The Hall–Kier alpha value is -1.07. The molecule has 2 amide bonds. The minimum Gasteiger partial charge on any atom is -0.329 e. The van der Waals surface area contributed by atoms with Gasteiger partial charge in [-0.2, -0.15) is 0 Å². The lowest BCUT2D eigenvalue weighted by Gasteiger charge is -2.15. The molecule has 1 unspecified atom stereocenters. The van der Waals surface area contributed by atoms with Crippen LogP contribution in [0.5, 0.6) is 0 Å². The molecule has 0 spiro atoms. The number of aryl methyl sites for hydroxylation is 1. The van der Waals surface area contributed by atoms with Crippen LogP contribution in [0.2, 0.25) is 0 Å². The van der Waals surface area contributed by atoms with E-state index in [1.165, 1.54) is 5.56 Å². The number of amides is 2. The van der Waals surface area contributed by atoms with Gasteiger partial charge in [0.25, 0.3) is 0 Å². The predicted octanol–water partition coefficient (Wildman–Crippen LogP) is 1.78. The zero-order chi connectivity index (χ0) is 12.4. The summed E-state index contributed by atoms with van der Waals surface area (Å²) in [4.78, 5) is 13.4. The topological polar surface area (TPSA) is 58.4 Å². The summed E-state index contributed by atoms with van der Waals surface area (Å²) >= 11 is 3.46. The number of hydrogen-bond acceptors (Lipinski definition) is 2. The molecular weight excluding hydrogens is 282 g/mol. The summed E-state index contributed by atoms with van der Waals surface area (Å²) in [5.74, 6) is 0. The summed E-state index contributed by atoms with van der Waals surface area (Å²) in [5.41, 5.74) is 7.83. The Morgan fingerprint density at radius 3 is 3.06 bits per heavy atom. The lowest BCUT2D eigenvalue weighted by molar-refractivity contribution is 0.218. The van der Waals surface area contributed by atoms with E-state index in [2.05, 4.69) is 40.3 Å². The van der Waals surface area contributed by atoms with Crippen LogP contribution >= 0.6 is 15.9 Å². The van der Waals surface area contributed by atoms with Crippen molar-refractivity contribution in [2.75, 3.05) is 19.6 Å². The molecular formula is C12H16BrN3O. The average molecular weight is 298 g/mol. The predicted molar refractivity (Wildman–Crippen MR) is 70.8 cm³/mol. The van der Waals surface area contributed by atoms with Gasteiger partial charge in [-0.3, -0.25) is 0 Å². The number of carbonyl (C=O) groups is 1. The first-order valence-corrected chi connectivity index (χ1v) is 6.42. The SMILES string of the molecule is Cc1ccc(Br)cc1C1CN(CCN)C(=O)N1. The fraction of sp³-hybridized carbons (Fsp3) is 0.417. The van der Waals surface area contributed by atoms with Crippen molar-refractivity contribution in [1.82, 2.24) is 10.2 Å². The van der Waals surface area contributed by atoms with Gasteiger partial charge < -0.3 is 16.0 Å². The molecule has 1 aliphatic rings. The fourth-order valence-electron chi connectivity index (χ4n) is 2.10. The number of halogens is 1. The molecule has 17 heavy (non-hydrogen) atoms. The van der Waals surface area contributed by atoms with Crippen molar-refractivity contribution in [2.24, 2.45) is 5.73 Å². The zero-order valence-corrected chi connectivity index (χ0v) is 11.3. The molecule has 1 heterocycles. The van der Waals surface area contributed by atoms with Gasteiger partial charge in [0.05, 0.1) is 6.04 Å². The molecule has 1 aliphatic heterocycles. The Kier molecular flexibility index (Phi) is 3.69. The van der Waals surface area contributed by atoms with E-state index >= 15 is 0 Å². The lowest BCUT2D eigenvalue weighted by atomic mass is 10.0. The zero-order valence-electron chi connectivity index (χ0n) is 9.74. The Balaban J connectivity index is 2.19. The maximum absolute atomic E-state index is 11.7. The van der Waals surface area contributed by atoms with Gasteiger partial charge in [0.1, 0.15) is 0 Å². The van der Waals surface area contributed by atoms with Crippen LogP contribution in [0.15, 0.2) is 22.7 Å². The van der Waals surface area contributed by atoms with Crippen LogP contribution in [0, 0.1) is 6.92 Å². The Morgan fingerprint density at radius 1 is 1.59 bits per heavy atom. The van der Waals surface area contributed by atoms with Gasteiger partial charge in [-0.15, -0.1) is 0 Å². The third-order valence-electron chi connectivity index (χ3n) is 3.00. The van der Waals surface area contributed by atoms with Crippen LogP contribution in [-0.2, 0) is 0 Å². The smallest absolute Gasteiger partial charge is 0.318 e. The summed E-state index contributed by atoms with van der Waals surface area (Å²) in [7, 11) is 0. The highest BCUT2D eigenvalue weighted by molar-refractivity contribution is 9.10. The number of nitrogens with zero attached hydrogens (tertiary/aromatic N) is 1. The van der Waals surface area contributed by atoms with Crippen molar-refractivity contribution >= 4 is 22.0 Å². The Bertz CT molecular complexity index is 436. The van der Waals surface area contributed by atoms with E-state index in [1.54, 1.807) is 4.90 Å². The number of carbonyl (C=O) groups excluding carboxylic acids is 1. The van der Waals surface area contributed by atoms with Crippen LogP contribution in [0.1, 0.15) is 17.2 Å². The molecule has 0 aliphatic carbocycles. The summed E-state index contributed by atoms with van der Waals surface area (Å²) < 4.78 is 1.03. The average Bonchev–Trinajstić information content (AvgIpc) is 2.64. The molecule has 4 nitrogen and oxygen atoms in total. The molecule has 2 rings (SSSR count). The highest BCUT2D eigenvalue weighted by atomic mass is 79.9. The van der Waals surface area contributed by atoms with E-state index < -0.39 is 0 Å². The molecule has 1 atom stereocenters. The van der Waals surface area contributed by atoms with E-state index in [1.807, 2.05) is 6.07 Å². The van der Waals surface area contributed by atoms with Crippen molar-refractivity contribution in [1.29, 1.82) is 0 Å². The van der Waals surface area contributed by atoms with E-state index in [0.29, 0.717) is 19.6 Å². The first-order valence-electron chi connectivity index (χ1n) is 5.63. The van der Waals surface area contributed by atoms with Gasteiger partial charge in [-0.05, 0) is 30.2 Å². The van der Waals surface area contributed by atoms with Crippen molar-refractivity contribution < 1.29 is 4.79 Å². The molecule has 1 aromatic rings. The molecule has 0 radical (unpaired) electrons. The second kappa shape index (κ2) is 5.06. The van der Waals surface area contributed by atoms with Crippen molar-refractivity contribution in [2.45, 2.75) is 13.0 Å². The molecule has 92 valence electrons. The number of rotatable bonds is 3. The highest BCUT2D eigenvalue weighted by Crippen LogP contribution is 2.26. The second-order valence-corrected chi connectivity index (χ2v) is 5.15. The van der Waals surface area contributed by atoms with Gasteiger partial charge in [0, 0.05) is 24.1 Å². The van der Waals surface area contributed by atoms with Crippen molar-refractivity contribution in [3.63, 3.8) is 0 Å². The minimum atomic E-state index is -0.0279. The van der Waals surface area contributed by atoms with E-state index in [0.717, 1.165) is 10.0 Å². The highest BCUT2D eigenvalue weighted by Gasteiger charge is 2.29. The van der Waals surface area contributed by atoms with Crippen LogP contribution in [-0.4, -0.2) is 30.6 Å². The number of hydrogen-bond donors (Lipinski definition) is 2. The summed E-state index contributed by atoms with van der Waals surface area (Å²) in [6, 6.07) is 6.16. The summed E-state index contributed by atoms with van der Waals surface area (Å²) in [5, 5.41) is 2.98. The number of urea groups is 1. The van der Waals surface area contributed by atoms with Gasteiger partial charge >= 0.3 is 6.03 Å². The lowest BCUT2D eigenvalue weighted by Crippen LogP contribution is -2.32. The van der Waals surface area contributed by atoms with E-state index in [9.17, 15) is 4.79 Å². The standard InChI is InChI=1S/C12H16BrN3O/c1-8-2-3-9(13)6-10(8)11-7-16(5-4-14)12(17)15-11/h2-3,6,11H,4-5,7,14H2,1H3,(H,15,17). The largest absolute Gasteiger partial charge is 0.329 e. The molecule has 0 bridgehead atoms. The molecule has 0 aromatic heterocycles. The molecule has 5 heteroatoms. The first kappa shape index (κ1) is 12.4. The normalized spacial score (nSPS) is 19.6. The Morgan fingerprint density at radius 2 is 2.35 bits per heavy atom. The monoisotopic (exact) mass is 297 g/mol.